The maximum atomic E-state index is 9.59. The van der Waals surface area contributed by atoms with Gasteiger partial charge in [-0.05, 0) is 12.1 Å². The van der Waals surface area contributed by atoms with Crippen molar-refractivity contribution in [3.8, 4) is 5.75 Å². The highest BCUT2D eigenvalue weighted by Gasteiger charge is 2.37. The molecule has 1 fully saturated rings. The minimum atomic E-state index is -1.09. The first-order valence-electron chi connectivity index (χ1n) is 5.40. The molecule has 0 saturated carbocycles. The van der Waals surface area contributed by atoms with Crippen LogP contribution in [0.3, 0.4) is 0 Å². The van der Waals surface area contributed by atoms with Gasteiger partial charge in [-0.2, -0.15) is 0 Å². The molecule has 1 aromatic rings. The summed E-state index contributed by atoms with van der Waals surface area (Å²) in [5.41, 5.74) is 0. The van der Waals surface area contributed by atoms with Gasteiger partial charge in [0, 0.05) is 12.6 Å². The standard InChI is InChI=1S/C11H15NO5/c13-6-9-11(15)8(14)4-10(17-9)16-7-2-1-3-12-5-7/h1-3,5,8-11,13-15H,4,6H2. The van der Waals surface area contributed by atoms with Crippen molar-refractivity contribution in [2.75, 3.05) is 6.61 Å². The summed E-state index contributed by atoms with van der Waals surface area (Å²) < 4.78 is 10.8. The maximum absolute atomic E-state index is 9.59. The zero-order valence-corrected chi connectivity index (χ0v) is 9.14. The zero-order chi connectivity index (χ0) is 12.3. The highest BCUT2D eigenvalue weighted by molar-refractivity contribution is 5.15. The maximum Gasteiger partial charge on any atom is 0.202 e. The average Bonchev–Trinajstić information content (AvgIpc) is 2.35. The van der Waals surface area contributed by atoms with Crippen LogP contribution in [0, 0.1) is 0 Å². The highest BCUT2D eigenvalue weighted by atomic mass is 16.7. The van der Waals surface area contributed by atoms with E-state index in [9.17, 15) is 10.2 Å². The Morgan fingerprint density at radius 3 is 2.94 bits per heavy atom. The fourth-order valence-corrected chi connectivity index (χ4v) is 1.71. The van der Waals surface area contributed by atoms with Crippen molar-refractivity contribution in [3.05, 3.63) is 24.5 Å². The first-order chi connectivity index (χ1) is 8.20. The van der Waals surface area contributed by atoms with Crippen LogP contribution in [0.2, 0.25) is 0 Å². The Bertz CT molecular complexity index is 347. The summed E-state index contributed by atoms with van der Waals surface area (Å²) in [4.78, 5) is 3.88. The van der Waals surface area contributed by atoms with Crippen LogP contribution in [0.4, 0.5) is 0 Å². The average molecular weight is 241 g/mol. The van der Waals surface area contributed by atoms with Crippen LogP contribution in [0.1, 0.15) is 6.42 Å². The molecule has 2 rings (SSSR count). The Balaban J connectivity index is 1.98. The Hall–Kier alpha value is -1.21. The summed E-state index contributed by atoms with van der Waals surface area (Å²) in [5.74, 6) is 0.512. The van der Waals surface area contributed by atoms with Crippen molar-refractivity contribution in [2.24, 2.45) is 0 Å². The fourth-order valence-electron chi connectivity index (χ4n) is 1.71. The number of aromatic nitrogens is 1. The van der Waals surface area contributed by atoms with E-state index in [1.54, 1.807) is 18.3 Å². The molecule has 17 heavy (non-hydrogen) atoms. The van der Waals surface area contributed by atoms with Gasteiger partial charge in [-0.3, -0.25) is 4.98 Å². The van der Waals surface area contributed by atoms with Crippen LogP contribution >= 0.6 is 0 Å². The monoisotopic (exact) mass is 241 g/mol. The molecule has 3 N–H and O–H groups in total. The molecule has 1 saturated heterocycles. The molecular weight excluding hydrogens is 226 g/mol. The lowest BCUT2D eigenvalue weighted by Crippen LogP contribution is -2.51. The van der Waals surface area contributed by atoms with Crippen molar-refractivity contribution < 1.29 is 24.8 Å². The molecule has 0 aliphatic carbocycles. The Morgan fingerprint density at radius 2 is 2.29 bits per heavy atom. The number of aliphatic hydroxyl groups excluding tert-OH is 3. The predicted octanol–water partition coefficient (Wildman–Crippen LogP) is -0.711. The number of aliphatic hydroxyl groups is 3. The van der Waals surface area contributed by atoms with Crippen molar-refractivity contribution in [3.63, 3.8) is 0 Å². The van der Waals surface area contributed by atoms with Crippen molar-refractivity contribution in [1.82, 2.24) is 4.98 Å². The van der Waals surface area contributed by atoms with Gasteiger partial charge < -0.3 is 24.8 Å². The van der Waals surface area contributed by atoms with Gasteiger partial charge in [0.1, 0.15) is 18.0 Å². The molecule has 1 aliphatic heterocycles. The zero-order valence-electron chi connectivity index (χ0n) is 9.14. The van der Waals surface area contributed by atoms with Crippen LogP contribution in [0.15, 0.2) is 24.5 Å². The van der Waals surface area contributed by atoms with E-state index in [2.05, 4.69) is 4.98 Å². The molecule has 0 bridgehead atoms. The first-order valence-corrected chi connectivity index (χ1v) is 5.40. The lowest BCUT2D eigenvalue weighted by molar-refractivity contribution is -0.230. The Labute approximate surface area is 98.4 Å². The summed E-state index contributed by atoms with van der Waals surface area (Å²) in [6.07, 6.45) is -0.308. The van der Waals surface area contributed by atoms with Gasteiger partial charge in [-0.25, -0.2) is 0 Å². The molecule has 2 heterocycles. The smallest absolute Gasteiger partial charge is 0.202 e. The van der Waals surface area contributed by atoms with Gasteiger partial charge in [0.15, 0.2) is 0 Å². The molecule has 94 valence electrons. The predicted molar refractivity (Wildman–Crippen MR) is 57.2 cm³/mol. The van der Waals surface area contributed by atoms with Crippen LogP contribution in [-0.2, 0) is 4.74 Å². The number of ether oxygens (including phenoxy) is 2. The molecule has 6 heteroatoms. The summed E-state index contributed by atoms with van der Waals surface area (Å²) in [5, 5.41) is 28.1. The summed E-state index contributed by atoms with van der Waals surface area (Å²) in [6.45, 7) is -0.370. The second kappa shape index (κ2) is 5.42. The Morgan fingerprint density at radius 1 is 1.47 bits per heavy atom. The van der Waals surface area contributed by atoms with Gasteiger partial charge in [0.05, 0.1) is 18.9 Å². The summed E-state index contributed by atoms with van der Waals surface area (Å²) in [6, 6.07) is 3.43. The lowest BCUT2D eigenvalue weighted by Gasteiger charge is -2.35. The third-order valence-corrected chi connectivity index (χ3v) is 2.62. The van der Waals surface area contributed by atoms with E-state index in [1.807, 2.05) is 0 Å². The molecule has 4 atom stereocenters. The van der Waals surface area contributed by atoms with Crippen LogP contribution in [0.25, 0.3) is 0 Å². The number of nitrogens with zero attached hydrogens (tertiary/aromatic N) is 1. The van der Waals surface area contributed by atoms with E-state index in [0.717, 1.165) is 0 Å². The van der Waals surface area contributed by atoms with Gasteiger partial charge in [0.2, 0.25) is 6.29 Å². The SMILES string of the molecule is OCC1OC(Oc2cccnc2)CC(O)C1O. The number of hydrogen-bond donors (Lipinski definition) is 3. The van der Waals surface area contributed by atoms with E-state index in [1.165, 1.54) is 6.20 Å². The highest BCUT2D eigenvalue weighted by Crippen LogP contribution is 2.22. The lowest BCUT2D eigenvalue weighted by atomic mass is 10.0. The third kappa shape index (κ3) is 2.92. The minimum absolute atomic E-state index is 0.145. The molecule has 1 aromatic heterocycles. The molecule has 0 amide bonds. The fraction of sp³-hybridized carbons (Fsp3) is 0.545. The van der Waals surface area contributed by atoms with Crippen molar-refractivity contribution in [2.45, 2.75) is 31.0 Å². The summed E-state index contributed by atoms with van der Waals surface area (Å²) >= 11 is 0. The van der Waals surface area contributed by atoms with Crippen molar-refractivity contribution >= 4 is 0 Å². The Kier molecular flexibility index (Phi) is 3.90. The molecule has 0 aromatic carbocycles. The van der Waals surface area contributed by atoms with E-state index >= 15 is 0 Å². The molecular formula is C11H15NO5. The largest absolute Gasteiger partial charge is 0.463 e. The third-order valence-electron chi connectivity index (χ3n) is 2.62. The minimum Gasteiger partial charge on any atom is -0.463 e. The van der Waals surface area contributed by atoms with E-state index < -0.39 is 24.6 Å². The second-order valence-electron chi connectivity index (χ2n) is 3.89. The number of rotatable bonds is 3. The molecule has 0 radical (unpaired) electrons. The van der Waals surface area contributed by atoms with E-state index in [-0.39, 0.29) is 13.0 Å². The van der Waals surface area contributed by atoms with Crippen LogP contribution in [0.5, 0.6) is 5.75 Å². The molecule has 6 nitrogen and oxygen atoms in total. The van der Waals surface area contributed by atoms with Gasteiger partial charge >= 0.3 is 0 Å². The van der Waals surface area contributed by atoms with E-state index in [0.29, 0.717) is 5.75 Å². The van der Waals surface area contributed by atoms with Gasteiger partial charge in [-0.1, -0.05) is 0 Å². The normalized spacial score (nSPS) is 33.4. The topological polar surface area (TPSA) is 92.0 Å². The number of pyridine rings is 1. The molecule has 4 unspecified atom stereocenters. The van der Waals surface area contributed by atoms with Gasteiger partial charge in [-0.15, -0.1) is 0 Å². The van der Waals surface area contributed by atoms with Gasteiger partial charge in [0.25, 0.3) is 0 Å². The van der Waals surface area contributed by atoms with Crippen molar-refractivity contribution in [1.29, 1.82) is 0 Å². The van der Waals surface area contributed by atoms with Crippen LogP contribution < -0.4 is 4.74 Å². The first kappa shape index (κ1) is 12.3. The summed E-state index contributed by atoms with van der Waals surface area (Å²) in [7, 11) is 0. The second-order valence-corrected chi connectivity index (χ2v) is 3.89. The van der Waals surface area contributed by atoms with Crippen LogP contribution in [-0.4, -0.2) is 51.5 Å². The number of hydrogen-bond acceptors (Lipinski definition) is 6. The molecule has 0 spiro atoms. The van der Waals surface area contributed by atoms with E-state index in [4.69, 9.17) is 14.6 Å². The molecule has 1 aliphatic rings. The quantitative estimate of drug-likeness (QED) is 0.647.